The van der Waals surface area contributed by atoms with E-state index < -0.39 is 0 Å². The number of hydrogen-bond acceptors (Lipinski definition) is 3. The van der Waals surface area contributed by atoms with Crippen molar-refractivity contribution in [2.45, 2.75) is 44.9 Å². The van der Waals surface area contributed by atoms with Gasteiger partial charge in [-0.25, -0.2) is 0 Å². The molecule has 1 aliphatic carbocycles. The van der Waals surface area contributed by atoms with E-state index in [1.54, 1.807) is 0 Å². The number of benzene rings is 2. The minimum atomic E-state index is 0.611. The van der Waals surface area contributed by atoms with Crippen LogP contribution >= 0.6 is 0 Å². The van der Waals surface area contributed by atoms with Crippen LogP contribution in [0.3, 0.4) is 0 Å². The summed E-state index contributed by atoms with van der Waals surface area (Å²) in [4.78, 5) is 2.48. The summed E-state index contributed by atoms with van der Waals surface area (Å²) in [5, 5.41) is 0. The standard InChI is InChI=1S/C22H30N2O/c1-24(22-10-6-5-9-20(22)15-23)16-18-11-13-21(14-12-18)25-17-19-7-3-2-4-8-19/h2-4,7-8,11-14,20,22H,5-6,9-10,15-17,23H2,1H3. The van der Waals surface area contributed by atoms with Crippen LogP contribution in [0.2, 0.25) is 0 Å². The van der Waals surface area contributed by atoms with Gasteiger partial charge in [0.15, 0.2) is 0 Å². The second kappa shape index (κ2) is 9.02. The lowest BCUT2D eigenvalue weighted by Crippen LogP contribution is -2.42. The van der Waals surface area contributed by atoms with E-state index in [2.05, 4.69) is 48.3 Å². The Morgan fingerprint density at radius 1 is 0.960 bits per heavy atom. The largest absolute Gasteiger partial charge is 0.489 e. The lowest BCUT2D eigenvalue weighted by Gasteiger charge is -2.37. The molecule has 2 N–H and O–H groups in total. The number of ether oxygens (including phenoxy) is 1. The molecule has 3 rings (SSSR count). The van der Waals surface area contributed by atoms with Crippen molar-refractivity contribution in [3.63, 3.8) is 0 Å². The summed E-state index contributed by atoms with van der Waals surface area (Å²) in [7, 11) is 2.23. The molecule has 0 radical (unpaired) electrons. The minimum Gasteiger partial charge on any atom is -0.489 e. The molecular formula is C22H30N2O. The van der Waals surface area contributed by atoms with E-state index in [1.807, 2.05) is 18.2 Å². The Morgan fingerprint density at radius 2 is 1.68 bits per heavy atom. The van der Waals surface area contributed by atoms with Crippen molar-refractivity contribution in [2.75, 3.05) is 13.6 Å². The zero-order chi connectivity index (χ0) is 17.5. The Bertz CT molecular complexity index is 626. The maximum absolute atomic E-state index is 5.98. The van der Waals surface area contributed by atoms with Crippen LogP contribution in [0.1, 0.15) is 36.8 Å². The van der Waals surface area contributed by atoms with Crippen LogP contribution < -0.4 is 10.5 Å². The van der Waals surface area contributed by atoms with Gasteiger partial charge in [0, 0.05) is 12.6 Å². The molecule has 0 spiro atoms. The monoisotopic (exact) mass is 338 g/mol. The van der Waals surface area contributed by atoms with E-state index in [4.69, 9.17) is 10.5 Å². The van der Waals surface area contributed by atoms with E-state index in [0.29, 0.717) is 18.6 Å². The van der Waals surface area contributed by atoms with Crippen molar-refractivity contribution < 1.29 is 4.74 Å². The average molecular weight is 338 g/mol. The molecule has 3 heteroatoms. The van der Waals surface area contributed by atoms with E-state index in [0.717, 1.165) is 18.8 Å². The molecule has 0 amide bonds. The van der Waals surface area contributed by atoms with Crippen molar-refractivity contribution in [3.8, 4) is 5.75 Å². The fourth-order valence-corrected chi connectivity index (χ4v) is 3.88. The number of nitrogens with two attached hydrogens (primary N) is 1. The second-order valence-electron chi connectivity index (χ2n) is 7.18. The molecule has 1 aliphatic rings. The van der Waals surface area contributed by atoms with Crippen molar-refractivity contribution in [1.29, 1.82) is 0 Å². The van der Waals surface area contributed by atoms with Gasteiger partial charge in [-0.05, 0) is 55.6 Å². The Morgan fingerprint density at radius 3 is 2.40 bits per heavy atom. The Kier molecular flexibility index (Phi) is 6.48. The van der Waals surface area contributed by atoms with Gasteiger partial charge in [-0.15, -0.1) is 0 Å². The summed E-state index contributed by atoms with van der Waals surface area (Å²) in [6, 6.07) is 19.4. The number of rotatable bonds is 7. The van der Waals surface area contributed by atoms with Gasteiger partial charge in [-0.2, -0.15) is 0 Å². The zero-order valence-corrected chi connectivity index (χ0v) is 15.2. The van der Waals surface area contributed by atoms with Gasteiger partial charge >= 0.3 is 0 Å². The molecule has 2 aromatic rings. The first-order valence-electron chi connectivity index (χ1n) is 9.42. The molecule has 25 heavy (non-hydrogen) atoms. The fraction of sp³-hybridized carbons (Fsp3) is 0.455. The molecule has 1 fully saturated rings. The molecule has 2 aromatic carbocycles. The highest BCUT2D eigenvalue weighted by molar-refractivity contribution is 5.28. The third-order valence-electron chi connectivity index (χ3n) is 5.34. The van der Waals surface area contributed by atoms with Gasteiger partial charge in [-0.3, -0.25) is 4.90 Å². The molecule has 0 aromatic heterocycles. The number of nitrogens with zero attached hydrogens (tertiary/aromatic N) is 1. The van der Waals surface area contributed by atoms with Crippen molar-refractivity contribution >= 4 is 0 Å². The van der Waals surface area contributed by atoms with Gasteiger partial charge in [0.25, 0.3) is 0 Å². The van der Waals surface area contributed by atoms with E-state index >= 15 is 0 Å². The molecule has 1 saturated carbocycles. The highest BCUT2D eigenvalue weighted by atomic mass is 16.5. The van der Waals surface area contributed by atoms with Gasteiger partial charge < -0.3 is 10.5 Å². The van der Waals surface area contributed by atoms with Gasteiger partial charge in [0.05, 0.1) is 0 Å². The fourth-order valence-electron chi connectivity index (χ4n) is 3.88. The van der Waals surface area contributed by atoms with Gasteiger partial charge in [0.2, 0.25) is 0 Å². The molecule has 0 aliphatic heterocycles. The summed E-state index contributed by atoms with van der Waals surface area (Å²) in [5.74, 6) is 1.57. The van der Waals surface area contributed by atoms with E-state index in [-0.39, 0.29) is 0 Å². The third kappa shape index (κ3) is 5.07. The molecule has 0 saturated heterocycles. The van der Waals surface area contributed by atoms with Crippen LogP contribution in [-0.4, -0.2) is 24.5 Å². The van der Waals surface area contributed by atoms with Crippen LogP contribution in [-0.2, 0) is 13.2 Å². The maximum atomic E-state index is 5.98. The third-order valence-corrected chi connectivity index (χ3v) is 5.34. The minimum absolute atomic E-state index is 0.611. The van der Waals surface area contributed by atoms with Crippen molar-refractivity contribution in [2.24, 2.45) is 11.7 Å². The van der Waals surface area contributed by atoms with E-state index in [9.17, 15) is 0 Å². The smallest absolute Gasteiger partial charge is 0.119 e. The van der Waals surface area contributed by atoms with Crippen LogP contribution in [0.4, 0.5) is 0 Å². The summed E-state index contributed by atoms with van der Waals surface area (Å²) >= 11 is 0. The van der Waals surface area contributed by atoms with Crippen molar-refractivity contribution in [3.05, 3.63) is 65.7 Å². The molecule has 134 valence electrons. The quantitative estimate of drug-likeness (QED) is 0.822. The molecule has 2 atom stereocenters. The maximum Gasteiger partial charge on any atom is 0.119 e. The molecular weight excluding hydrogens is 308 g/mol. The first-order chi connectivity index (χ1) is 12.3. The van der Waals surface area contributed by atoms with Crippen molar-refractivity contribution in [1.82, 2.24) is 4.90 Å². The SMILES string of the molecule is CN(Cc1ccc(OCc2ccccc2)cc1)C1CCCCC1CN. The van der Waals surface area contributed by atoms with Crippen LogP contribution in [0.5, 0.6) is 5.75 Å². The van der Waals surface area contributed by atoms with Crippen LogP contribution in [0, 0.1) is 5.92 Å². The summed E-state index contributed by atoms with van der Waals surface area (Å²) in [5.41, 5.74) is 8.50. The van der Waals surface area contributed by atoms with Gasteiger partial charge in [-0.1, -0.05) is 55.3 Å². The molecule has 3 nitrogen and oxygen atoms in total. The highest BCUT2D eigenvalue weighted by Crippen LogP contribution is 2.28. The summed E-state index contributed by atoms with van der Waals surface area (Å²) in [6.45, 7) is 2.39. The highest BCUT2D eigenvalue weighted by Gasteiger charge is 2.27. The van der Waals surface area contributed by atoms with Gasteiger partial charge in [0.1, 0.15) is 12.4 Å². The van der Waals surface area contributed by atoms with Crippen LogP contribution in [0.25, 0.3) is 0 Å². The second-order valence-corrected chi connectivity index (χ2v) is 7.18. The normalized spacial score (nSPS) is 20.6. The molecule has 0 bridgehead atoms. The Hall–Kier alpha value is -1.84. The summed E-state index contributed by atoms with van der Waals surface area (Å²) < 4.78 is 5.87. The average Bonchev–Trinajstić information content (AvgIpc) is 2.68. The number of hydrogen-bond donors (Lipinski definition) is 1. The molecule has 0 heterocycles. The summed E-state index contributed by atoms with van der Waals surface area (Å²) in [6.07, 6.45) is 5.21. The van der Waals surface area contributed by atoms with E-state index in [1.165, 1.54) is 36.8 Å². The predicted molar refractivity (Wildman–Crippen MR) is 103 cm³/mol. The molecule has 2 unspecified atom stereocenters. The predicted octanol–water partition coefficient (Wildman–Crippen LogP) is 4.21. The first-order valence-corrected chi connectivity index (χ1v) is 9.42. The topological polar surface area (TPSA) is 38.5 Å². The lowest BCUT2D eigenvalue weighted by atomic mass is 9.83. The Balaban J connectivity index is 1.53. The first kappa shape index (κ1) is 18.0. The zero-order valence-electron chi connectivity index (χ0n) is 15.2. The Labute approximate surface area is 151 Å². The van der Waals surface area contributed by atoms with Crippen LogP contribution in [0.15, 0.2) is 54.6 Å². The lowest BCUT2D eigenvalue weighted by molar-refractivity contribution is 0.127.